The predicted octanol–water partition coefficient (Wildman–Crippen LogP) is 2.74. The SMILES string of the molecule is Cc1cc(NC(=O)c2cc(-c3csc(C)n3)cn2C)n[nH]1. The lowest BCUT2D eigenvalue weighted by Crippen LogP contribution is -2.15. The first-order chi connectivity index (χ1) is 10.0. The predicted molar refractivity (Wildman–Crippen MR) is 82.5 cm³/mol. The van der Waals surface area contributed by atoms with E-state index >= 15 is 0 Å². The van der Waals surface area contributed by atoms with Crippen LogP contribution >= 0.6 is 11.3 Å². The number of hydrogen-bond acceptors (Lipinski definition) is 4. The van der Waals surface area contributed by atoms with Crippen LogP contribution in [0.2, 0.25) is 0 Å². The number of H-pyrrole nitrogens is 1. The summed E-state index contributed by atoms with van der Waals surface area (Å²) in [5.41, 5.74) is 3.29. The maximum atomic E-state index is 12.3. The van der Waals surface area contributed by atoms with E-state index in [1.54, 1.807) is 22.0 Å². The Morgan fingerprint density at radius 1 is 1.38 bits per heavy atom. The van der Waals surface area contributed by atoms with Crippen LogP contribution in [0.15, 0.2) is 23.7 Å². The van der Waals surface area contributed by atoms with Crippen LogP contribution in [0.25, 0.3) is 11.3 Å². The molecule has 6 nitrogen and oxygen atoms in total. The van der Waals surface area contributed by atoms with E-state index in [2.05, 4.69) is 20.5 Å². The molecule has 0 spiro atoms. The van der Waals surface area contributed by atoms with E-state index in [0.717, 1.165) is 22.0 Å². The van der Waals surface area contributed by atoms with Gasteiger partial charge in [0.05, 0.1) is 10.7 Å². The maximum Gasteiger partial charge on any atom is 0.273 e. The van der Waals surface area contributed by atoms with Crippen molar-refractivity contribution in [3.63, 3.8) is 0 Å². The van der Waals surface area contributed by atoms with Crippen molar-refractivity contribution in [2.45, 2.75) is 13.8 Å². The number of carbonyl (C=O) groups is 1. The molecule has 1 amide bonds. The van der Waals surface area contributed by atoms with Gasteiger partial charge in [-0.2, -0.15) is 5.10 Å². The molecule has 2 N–H and O–H groups in total. The fourth-order valence-electron chi connectivity index (χ4n) is 2.09. The molecule has 7 heteroatoms. The molecule has 0 bridgehead atoms. The van der Waals surface area contributed by atoms with E-state index < -0.39 is 0 Å². The zero-order valence-electron chi connectivity index (χ0n) is 12.0. The smallest absolute Gasteiger partial charge is 0.273 e. The van der Waals surface area contributed by atoms with Crippen molar-refractivity contribution in [1.29, 1.82) is 0 Å². The number of aromatic nitrogens is 4. The number of aromatic amines is 1. The monoisotopic (exact) mass is 301 g/mol. The van der Waals surface area contributed by atoms with Gasteiger partial charge < -0.3 is 9.88 Å². The normalized spacial score (nSPS) is 10.8. The van der Waals surface area contributed by atoms with Gasteiger partial charge in [0, 0.05) is 35.9 Å². The summed E-state index contributed by atoms with van der Waals surface area (Å²) in [5.74, 6) is 0.326. The quantitative estimate of drug-likeness (QED) is 0.781. The number of amides is 1. The molecule has 0 aliphatic rings. The molecule has 0 fully saturated rings. The Kier molecular flexibility index (Phi) is 3.34. The number of aryl methyl sites for hydroxylation is 3. The first-order valence-electron chi connectivity index (χ1n) is 6.45. The van der Waals surface area contributed by atoms with Crippen molar-refractivity contribution in [1.82, 2.24) is 19.7 Å². The summed E-state index contributed by atoms with van der Waals surface area (Å²) in [6, 6.07) is 3.62. The van der Waals surface area contributed by atoms with Gasteiger partial charge in [0.2, 0.25) is 0 Å². The van der Waals surface area contributed by atoms with Gasteiger partial charge >= 0.3 is 0 Å². The molecule has 3 heterocycles. The summed E-state index contributed by atoms with van der Waals surface area (Å²) in [5, 5.41) is 12.6. The number of nitrogens with one attached hydrogen (secondary N) is 2. The summed E-state index contributed by atoms with van der Waals surface area (Å²) in [6.45, 7) is 3.85. The van der Waals surface area contributed by atoms with Crippen LogP contribution in [0.3, 0.4) is 0 Å². The number of rotatable bonds is 3. The van der Waals surface area contributed by atoms with Gasteiger partial charge in [-0.1, -0.05) is 0 Å². The summed E-state index contributed by atoms with van der Waals surface area (Å²) >= 11 is 1.59. The minimum atomic E-state index is -0.192. The molecule has 0 unspecified atom stereocenters. The largest absolute Gasteiger partial charge is 0.346 e. The summed E-state index contributed by atoms with van der Waals surface area (Å²) in [4.78, 5) is 16.7. The van der Waals surface area contributed by atoms with Crippen LogP contribution in [-0.2, 0) is 7.05 Å². The van der Waals surface area contributed by atoms with E-state index in [1.165, 1.54) is 0 Å². The fraction of sp³-hybridized carbons (Fsp3) is 0.214. The average Bonchev–Trinajstić information content (AvgIpc) is 3.11. The van der Waals surface area contributed by atoms with Crippen molar-refractivity contribution in [3.8, 4) is 11.3 Å². The molecule has 0 aliphatic heterocycles. The Hall–Kier alpha value is -2.41. The Balaban J connectivity index is 1.85. The fourth-order valence-corrected chi connectivity index (χ4v) is 2.71. The number of hydrogen-bond donors (Lipinski definition) is 2. The second-order valence-corrected chi connectivity index (χ2v) is 5.93. The molecule has 3 aromatic rings. The highest BCUT2D eigenvalue weighted by Gasteiger charge is 2.15. The molecule has 3 aromatic heterocycles. The highest BCUT2D eigenvalue weighted by Crippen LogP contribution is 2.23. The molecular formula is C14H15N5OS. The van der Waals surface area contributed by atoms with E-state index in [9.17, 15) is 4.79 Å². The minimum absolute atomic E-state index is 0.192. The van der Waals surface area contributed by atoms with E-state index in [0.29, 0.717) is 11.5 Å². The Labute approximate surface area is 125 Å². The first-order valence-corrected chi connectivity index (χ1v) is 7.33. The first kappa shape index (κ1) is 13.6. The third kappa shape index (κ3) is 2.73. The average molecular weight is 301 g/mol. The van der Waals surface area contributed by atoms with Crippen molar-refractivity contribution in [3.05, 3.63) is 40.1 Å². The molecule has 0 radical (unpaired) electrons. The van der Waals surface area contributed by atoms with Gasteiger partial charge in [0.25, 0.3) is 5.91 Å². The van der Waals surface area contributed by atoms with Crippen LogP contribution in [0.1, 0.15) is 21.2 Å². The maximum absolute atomic E-state index is 12.3. The van der Waals surface area contributed by atoms with E-state index in [-0.39, 0.29) is 5.91 Å². The summed E-state index contributed by atoms with van der Waals surface area (Å²) < 4.78 is 1.79. The lowest BCUT2D eigenvalue weighted by molar-refractivity contribution is 0.101. The van der Waals surface area contributed by atoms with Crippen LogP contribution in [-0.4, -0.2) is 25.7 Å². The highest BCUT2D eigenvalue weighted by molar-refractivity contribution is 7.09. The standard InChI is InChI=1S/C14H15N5OS/c1-8-4-13(18-17-8)16-14(20)12-5-10(6-19(12)3)11-7-21-9(2)15-11/h4-7H,1-3H3,(H2,16,17,18,20). The molecular weight excluding hydrogens is 286 g/mol. The van der Waals surface area contributed by atoms with Gasteiger partial charge in [0.1, 0.15) is 5.69 Å². The topological polar surface area (TPSA) is 75.6 Å². The van der Waals surface area contributed by atoms with Crippen LogP contribution in [0.4, 0.5) is 5.82 Å². The summed E-state index contributed by atoms with van der Waals surface area (Å²) in [7, 11) is 1.84. The van der Waals surface area contributed by atoms with Gasteiger partial charge in [-0.05, 0) is 19.9 Å². The molecule has 3 rings (SSSR count). The molecule has 0 saturated heterocycles. The van der Waals surface area contributed by atoms with Crippen molar-refractivity contribution in [2.24, 2.45) is 7.05 Å². The Bertz CT molecular complexity index is 798. The number of anilines is 1. The third-order valence-corrected chi connectivity index (χ3v) is 3.87. The molecule has 21 heavy (non-hydrogen) atoms. The summed E-state index contributed by atoms with van der Waals surface area (Å²) in [6.07, 6.45) is 1.90. The number of thiazole rings is 1. The lowest BCUT2D eigenvalue weighted by atomic mass is 10.2. The third-order valence-electron chi connectivity index (χ3n) is 3.10. The molecule has 0 saturated carbocycles. The molecule has 0 aliphatic carbocycles. The highest BCUT2D eigenvalue weighted by atomic mass is 32.1. The van der Waals surface area contributed by atoms with Gasteiger partial charge in [-0.25, -0.2) is 4.98 Å². The number of carbonyl (C=O) groups excluding carboxylic acids is 1. The van der Waals surface area contributed by atoms with Crippen LogP contribution in [0, 0.1) is 13.8 Å². The van der Waals surface area contributed by atoms with Gasteiger partial charge in [-0.3, -0.25) is 9.89 Å². The molecule has 0 atom stereocenters. The van der Waals surface area contributed by atoms with Crippen molar-refractivity contribution >= 4 is 23.1 Å². The van der Waals surface area contributed by atoms with Gasteiger partial charge in [0.15, 0.2) is 5.82 Å². The second kappa shape index (κ2) is 5.17. The zero-order chi connectivity index (χ0) is 15.0. The van der Waals surface area contributed by atoms with E-state index in [4.69, 9.17) is 0 Å². The van der Waals surface area contributed by atoms with Crippen LogP contribution < -0.4 is 5.32 Å². The van der Waals surface area contributed by atoms with Gasteiger partial charge in [-0.15, -0.1) is 11.3 Å². The lowest BCUT2D eigenvalue weighted by Gasteiger charge is -2.02. The zero-order valence-corrected chi connectivity index (χ0v) is 12.8. The Morgan fingerprint density at radius 3 is 2.81 bits per heavy atom. The van der Waals surface area contributed by atoms with E-state index in [1.807, 2.05) is 38.5 Å². The van der Waals surface area contributed by atoms with Crippen LogP contribution in [0.5, 0.6) is 0 Å². The van der Waals surface area contributed by atoms with Crippen molar-refractivity contribution < 1.29 is 4.79 Å². The number of nitrogens with zero attached hydrogens (tertiary/aromatic N) is 3. The molecule has 0 aromatic carbocycles. The second-order valence-electron chi connectivity index (χ2n) is 4.87. The Morgan fingerprint density at radius 2 is 2.19 bits per heavy atom. The molecule has 108 valence electrons. The van der Waals surface area contributed by atoms with Crippen molar-refractivity contribution in [2.75, 3.05) is 5.32 Å². The minimum Gasteiger partial charge on any atom is -0.346 e.